The number of nitrogens with one attached hydrogen (secondary N) is 1. The van der Waals surface area contributed by atoms with Crippen molar-refractivity contribution in [3.8, 4) is 34.2 Å². The van der Waals surface area contributed by atoms with Crippen LogP contribution in [-0.2, 0) is 0 Å². The van der Waals surface area contributed by atoms with Crippen molar-refractivity contribution in [1.29, 1.82) is 5.26 Å². The van der Waals surface area contributed by atoms with Crippen molar-refractivity contribution in [2.24, 2.45) is 5.73 Å². The van der Waals surface area contributed by atoms with Gasteiger partial charge in [-0.3, -0.25) is 5.10 Å². The van der Waals surface area contributed by atoms with Crippen LogP contribution in [0.25, 0.3) is 33.3 Å². The van der Waals surface area contributed by atoms with Gasteiger partial charge in [0.15, 0.2) is 5.15 Å². The molecule has 2 aromatic heterocycles. The fourth-order valence-electron chi connectivity index (χ4n) is 3.73. The van der Waals surface area contributed by atoms with Gasteiger partial charge in [0.1, 0.15) is 23.5 Å². The molecule has 0 unspecified atom stereocenters. The monoisotopic (exact) mass is 494 g/mol. The van der Waals surface area contributed by atoms with Gasteiger partial charge in [-0.15, -0.1) is 12.4 Å². The number of pyridine rings is 1. The summed E-state index contributed by atoms with van der Waals surface area (Å²) in [5.41, 5.74) is 8.89. The van der Waals surface area contributed by atoms with E-state index in [1.807, 2.05) is 12.1 Å². The standard InChI is InChI=1S/C24H16ClFN6O.ClH/c25-24-17-9-13(3-4-19(17)30-31-24)22-20(33)11-21(32-7-5-16(28)6-8-32)29-23(22)14-1-2-15(12-27)18(26)10-14;/h1-7,9-11H,8,28H2,(H,29,33)(H,30,31);1H. The predicted octanol–water partition coefficient (Wildman–Crippen LogP) is 5.26. The van der Waals surface area contributed by atoms with Gasteiger partial charge in [0, 0.05) is 35.5 Å². The molecular weight excluding hydrogens is 478 g/mol. The maximum absolute atomic E-state index is 14.5. The highest BCUT2D eigenvalue weighted by Gasteiger charge is 2.20. The number of H-pyrrole nitrogens is 1. The maximum Gasteiger partial charge on any atom is 0.158 e. The Morgan fingerprint density at radius 3 is 2.68 bits per heavy atom. The number of hydrogen-bond donors (Lipinski definition) is 3. The lowest BCUT2D eigenvalue weighted by Gasteiger charge is -2.23. The van der Waals surface area contributed by atoms with Gasteiger partial charge in [0.05, 0.1) is 22.3 Å². The van der Waals surface area contributed by atoms with Gasteiger partial charge in [0.2, 0.25) is 0 Å². The molecule has 0 saturated carbocycles. The van der Waals surface area contributed by atoms with Gasteiger partial charge < -0.3 is 15.7 Å². The molecule has 0 spiro atoms. The average Bonchev–Trinajstić information content (AvgIpc) is 3.19. The molecule has 4 N–H and O–H groups in total. The van der Waals surface area contributed by atoms with Crippen LogP contribution in [0.15, 0.2) is 66.5 Å². The predicted molar refractivity (Wildman–Crippen MR) is 132 cm³/mol. The van der Waals surface area contributed by atoms with Crippen LogP contribution in [-0.4, -0.2) is 26.8 Å². The van der Waals surface area contributed by atoms with E-state index in [0.29, 0.717) is 51.0 Å². The smallest absolute Gasteiger partial charge is 0.158 e. The summed E-state index contributed by atoms with van der Waals surface area (Å²) in [7, 11) is 0. The number of rotatable bonds is 3. The molecule has 0 bridgehead atoms. The number of nitriles is 1. The van der Waals surface area contributed by atoms with Crippen LogP contribution in [0, 0.1) is 17.1 Å². The van der Waals surface area contributed by atoms with Crippen molar-refractivity contribution < 1.29 is 9.50 Å². The SMILES string of the molecule is Cl.N#Cc1ccc(-c2nc(N3C=CC(N)=CC3)cc(O)c2-c2ccc3[nH]nc(Cl)c3c2)cc1F. The number of fused-ring (bicyclic) bond motifs is 1. The molecule has 3 heterocycles. The topological polar surface area (TPSA) is 115 Å². The van der Waals surface area contributed by atoms with E-state index >= 15 is 0 Å². The Balaban J connectivity index is 0.00000274. The summed E-state index contributed by atoms with van der Waals surface area (Å²) in [5.74, 6) is -0.261. The Kier molecular flexibility index (Phi) is 6.16. The first kappa shape index (κ1) is 23.1. The second kappa shape index (κ2) is 9.06. The van der Waals surface area contributed by atoms with E-state index in [1.165, 1.54) is 12.1 Å². The number of anilines is 1. The van der Waals surface area contributed by atoms with E-state index in [4.69, 9.17) is 27.6 Å². The van der Waals surface area contributed by atoms with Gasteiger partial charge in [-0.1, -0.05) is 23.7 Å². The highest BCUT2D eigenvalue weighted by Crippen LogP contribution is 2.41. The zero-order chi connectivity index (χ0) is 23.1. The zero-order valence-electron chi connectivity index (χ0n) is 17.5. The Bertz CT molecular complexity index is 1520. The minimum atomic E-state index is -0.672. The fraction of sp³-hybridized carbons (Fsp3) is 0.0417. The molecule has 0 radical (unpaired) electrons. The zero-order valence-corrected chi connectivity index (χ0v) is 19.0. The van der Waals surface area contributed by atoms with Gasteiger partial charge in [0.25, 0.3) is 0 Å². The number of halogens is 3. The van der Waals surface area contributed by atoms with E-state index in [9.17, 15) is 9.50 Å². The summed E-state index contributed by atoms with van der Waals surface area (Å²) < 4.78 is 14.5. The average molecular weight is 495 g/mol. The van der Waals surface area contributed by atoms with Gasteiger partial charge in [-0.25, -0.2) is 9.37 Å². The molecule has 4 aromatic rings. The summed E-state index contributed by atoms with van der Waals surface area (Å²) in [5, 5.41) is 28.0. The lowest BCUT2D eigenvalue weighted by molar-refractivity contribution is 0.477. The number of nitrogens with zero attached hydrogens (tertiary/aromatic N) is 4. The van der Waals surface area contributed by atoms with Crippen LogP contribution < -0.4 is 10.6 Å². The first-order chi connectivity index (χ1) is 15.9. The lowest BCUT2D eigenvalue weighted by Crippen LogP contribution is -2.21. The third kappa shape index (κ3) is 4.03. The molecule has 7 nitrogen and oxygen atoms in total. The number of nitrogens with two attached hydrogens (primary N) is 1. The molecule has 170 valence electrons. The van der Waals surface area contributed by atoms with Crippen LogP contribution in [0.5, 0.6) is 5.75 Å². The molecule has 0 amide bonds. The van der Waals surface area contributed by atoms with E-state index in [2.05, 4.69) is 10.2 Å². The summed E-state index contributed by atoms with van der Waals surface area (Å²) >= 11 is 6.19. The number of hydrogen-bond acceptors (Lipinski definition) is 6. The molecule has 5 rings (SSSR count). The Morgan fingerprint density at radius 1 is 1.18 bits per heavy atom. The van der Waals surface area contributed by atoms with Crippen LogP contribution >= 0.6 is 24.0 Å². The van der Waals surface area contributed by atoms with Gasteiger partial charge in [-0.05, 0) is 42.0 Å². The molecule has 34 heavy (non-hydrogen) atoms. The molecule has 0 saturated heterocycles. The lowest BCUT2D eigenvalue weighted by atomic mass is 9.96. The Labute approximate surface area is 205 Å². The molecule has 1 aliphatic heterocycles. The summed E-state index contributed by atoms with van der Waals surface area (Å²) in [6, 6.07) is 13.0. The maximum atomic E-state index is 14.5. The molecular formula is C24H17Cl2FN6O. The van der Waals surface area contributed by atoms with E-state index < -0.39 is 5.82 Å². The van der Waals surface area contributed by atoms with Crippen LogP contribution in [0.2, 0.25) is 5.15 Å². The minimum absolute atomic E-state index is 0. The normalized spacial score (nSPS) is 12.9. The van der Waals surface area contributed by atoms with Crippen molar-refractivity contribution in [1.82, 2.24) is 15.2 Å². The number of aromatic nitrogens is 3. The molecule has 0 fully saturated rings. The second-order valence-electron chi connectivity index (χ2n) is 7.48. The minimum Gasteiger partial charge on any atom is -0.507 e. The quantitative estimate of drug-likeness (QED) is 0.357. The Morgan fingerprint density at radius 2 is 1.97 bits per heavy atom. The summed E-state index contributed by atoms with van der Waals surface area (Å²) in [6.07, 6.45) is 5.31. The van der Waals surface area contributed by atoms with Crippen molar-refractivity contribution in [2.45, 2.75) is 0 Å². The largest absolute Gasteiger partial charge is 0.507 e. The van der Waals surface area contributed by atoms with Gasteiger partial charge in [-0.2, -0.15) is 10.4 Å². The first-order valence-corrected chi connectivity index (χ1v) is 10.3. The highest BCUT2D eigenvalue weighted by molar-refractivity contribution is 6.34. The fourth-order valence-corrected chi connectivity index (χ4v) is 3.93. The highest BCUT2D eigenvalue weighted by atomic mass is 35.5. The van der Waals surface area contributed by atoms with Crippen LogP contribution in [0.4, 0.5) is 10.2 Å². The molecule has 0 atom stereocenters. The van der Waals surface area contributed by atoms with Crippen LogP contribution in [0.1, 0.15) is 5.56 Å². The third-order valence-electron chi connectivity index (χ3n) is 5.42. The summed E-state index contributed by atoms with van der Waals surface area (Å²) in [4.78, 5) is 6.56. The number of benzene rings is 2. The molecule has 0 aliphatic carbocycles. The number of allylic oxidation sites excluding steroid dienone is 1. The number of aromatic hydroxyl groups is 1. The molecule has 1 aliphatic rings. The first-order valence-electron chi connectivity index (χ1n) is 9.93. The van der Waals surface area contributed by atoms with Crippen molar-refractivity contribution in [3.05, 3.63) is 83.0 Å². The van der Waals surface area contributed by atoms with Crippen molar-refractivity contribution >= 4 is 40.7 Å². The molecule has 2 aromatic carbocycles. The van der Waals surface area contributed by atoms with Crippen molar-refractivity contribution in [3.63, 3.8) is 0 Å². The third-order valence-corrected chi connectivity index (χ3v) is 5.71. The van der Waals surface area contributed by atoms with E-state index in [0.717, 1.165) is 5.52 Å². The second-order valence-corrected chi connectivity index (χ2v) is 7.83. The van der Waals surface area contributed by atoms with Crippen molar-refractivity contribution in [2.75, 3.05) is 11.4 Å². The van der Waals surface area contributed by atoms with E-state index in [-0.39, 0.29) is 23.7 Å². The van der Waals surface area contributed by atoms with Gasteiger partial charge >= 0.3 is 0 Å². The summed E-state index contributed by atoms with van der Waals surface area (Å²) in [6.45, 7) is 0.464. The van der Waals surface area contributed by atoms with Crippen LogP contribution in [0.3, 0.4) is 0 Å². The van der Waals surface area contributed by atoms with E-state index in [1.54, 1.807) is 47.5 Å². The molecule has 10 heteroatoms. The Hall–Kier alpha value is -4.06. The number of aromatic amines is 1.